The van der Waals surface area contributed by atoms with Gasteiger partial charge in [-0.2, -0.15) is 4.31 Å². The van der Waals surface area contributed by atoms with Crippen LogP contribution in [0, 0.1) is 0 Å². The molecule has 1 aliphatic rings. The number of nitrogens with one attached hydrogen (secondary N) is 1. The molecule has 7 nitrogen and oxygen atoms in total. The van der Waals surface area contributed by atoms with Gasteiger partial charge in [0.05, 0.1) is 9.79 Å². The topological polar surface area (TPSA) is 92.8 Å². The summed E-state index contributed by atoms with van der Waals surface area (Å²) in [7, 11) is -9.70. The molecule has 1 N–H and O–H groups in total. The van der Waals surface area contributed by atoms with Gasteiger partial charge in [-0.3, -0.25) is 0 Å². The Labute approximate surface area is 257 Å². The molecule has 0 spiro atoms. The zero-order chi connectivity index (χ0) is 30.8. The van der Waals surface area contributed by atoms with Crippen LogP contribution in [-0.2, 0) is 33.1 Å². The summed E-state index contributed by atoms with van der Waals surface area (Å²) < 4.78 is 64.1. The van der Waals surface area contributed by atoms with Gasteiger partial charge < -0.3 is 4.43 Å². The van der Waals surface area contributed by atoms with Crippen LogP contribution >= 0.6 is 11.6 Å². The first-order valence-corrected chi connectivity index (χ1v) is 20.4. The van der Waals surface area contributed by atoms with Crippen LogP contribution < -0.4 is 9.15 Å². The number of sulfonamides is 2. The zero-order valence-electron chi connectivity index (χ0n) is 24.9. The summed E-state index contributed by atoms with van der Waals surface area (Å²) in [5, 5.41) is 0.661. The molecule has 0 atom stereocenters. The van der Waals surface area contributed by atoms with Crippen molar-refractivity contribution in [1.82, 2.24) is 9.03 Å². The number of benzene rings is 3. The Morgan fingerprint density at radius 2 is 1.36 bits per heavy atom. The van der Waals surface area contributed by atoms with Crippen LogP contribution in [0.3, 0.4) is 0 Å². The highest BCUT2D eigenvalue weighted by molar-refractivity contribution is 7.89. The normalized spacial score (nSPS) is 15.3. The van der Waals surface area contributed by atoms with E-state index in [1.54, 1.807) is 16.4 Å². The minimum absolute atomic E-state index is 0.00412. The minimum atomic E-state index is -3.86. The summed E-state index contributed by atoms with van der Waals surface area (Å²) in [4.78, 5) is 0.0732. The molecule has 228 valence electrons. The van der Waals surface area contributed by atoms with Gasteiger partial charge in [0.1, 0.15) is 5.75 Å². The minimum Gasteiger partial charge on any atom is -0.544 e. The average Bonchev–Trinajstić information content (AvgIpc) is 3.46. The molecule has 0 amide bonds. The second-order valence-electron chi connectivity index (χ2n) is 12.4. The van der Waals surface area contributed by atoms with Crippen LogP contribution in [0.15, 0.2) is 82.6 Å². The molecule has 3 aromatic carbocycles. The van der Waals surface area contributed by atoms with E-state index < -0.39 is 28.4 Å². The third kappa shape index (κ3) is 7.84. The fourth-order valence-electron chi connectivity index (χ4n) is 4.68. The smallest absolute Gasteiger partial charge is 0.250 e. The lowest BCUT2D eigenvalue weighted by molar-refractivity contribution is 0.316. The summed E-state index contributed by atoms with van der Waals surface area (Å²) in [5.41, 5.74) is 1.63. The second kappa shape index (κ2) is 12.8. The lowest BCUT2D eigenvalue weighted by Gasteiger charge is -2.36. The van der Waals surface area contributed by atoms with Crippen molar-refractivity contribution in [2.24, 2.45) is 0 Å². The molecule has 3 aromatic rings. The third-order valence-electron chi connectivity index (χ3n) is 8.29. The van der Waals surface area contributed by atoms with Gasteiger partial charge in [0, 0.05) is 24.2 Å². The molecule has 0 bridgehead atoms. The van der Waals surface area contributed by atoms with E-state index in [2.05, 4.69) is 38.6 Å². The predicted octanol–water partition coefficient (Wildman–Crippen LogP) is 7.34. The SMILES string of the molecule is CC(C)(C)[Si](C)(C)Oc1ccc(CNS(=O)(=O)c2ccc(S(=O)(=O)N(Cc3ccc(Cl)cc3)C3CCCC3)cc2)cc1. The molecule has 0 aromatic heterocycles. The van der Waals surface area contributed by atoms with Gasteiger partial charge >= 0.3 is 0 Å². The Hall–Kier alpha value is -2.21. The average molecular weight is 649 g/mol. The fraction of sp³-hybridized carbons (Fsp3) is 0.419. The molecule has 0 unspecified atom stereocenters. The van der Waals surface area contributed by atoms with Crippen molar-refractivity contribution < 1.29 is 21.3 Å². The number of hydrogen-bond donors (Lipinski definition) is 1. The zero-order valence-corrected chi connectivity index (χ0v) is 28.3. The summed E-state index contributed by atoms with van der Waals surface area (Å²) in [6.07, 6.45) is 3.55. The third-order valence-corrected chi connectivity index (χ3v) is 16.2. The van der Waals surface area contributed by atoms with Crippen molar-refractivity contribution in [3.8, 4) is 5.75 Å². The fourth-order valence-corrected chi connectivity index (χ4v) is 8.53. The van der Waals surface area contributed by atoms with Crippen LogP contribution in [-0.4, -0.2) is 35.5 Å². The highest BCUT2D eigenvalue weighted by Crippen LogP contribution is 2.37. The van der Waals surface area contributed by atoms with Gasteiger partial charge in [-0.25, -0.2) is 21.6 Å². The monoisotopic (exact) mass is 648 g/mol. The number of hydrogen-bond acceptors (Lipinski definition) is 5. The van der Waals surface area contributed by atoms with Crippen molar-refractivity contribution >= 4 is 40.0 Å². The first kappa shape index (κ1) is 32.7. The van der Waals surface area contributed by atoms with Gasteiger partial charge in [0.2, 0.25) is 28.4 Å². The van der Waals surface area contributed by atoms with Crippen molar-refractivity contribution in [2.75, 3.05) is 0 Å². The quantitative estimate of drug-likeness (QED) is 0.220. The van der Waals surface area contributed by atoms with E-state index in [9.17, 15) is 16.8 Å². The molecule has 1 fully saturated rings. The number of halogens is 1. The van der Waals surface area contributed by atoms with E-state index in [0.717, 1.165) is 42.6 Å². The molecule has 0 saturated heterocycles. The first-order chi connectivity index (χ1) is 19.6. The second-order valence-corrected chi connectivity index (χ2v) is 21.2. The number of nitrogens with zero attached hydrogens (tertiary/aromatic N) is 1. The van der Waals surface area contributed by atoms with Gasteiger partial charge in [-0.1, -0.05) is 69.5 Å². The molecule has 42 heavy (non-hydrogen) atoms. The molecular formula is C31H41ClN2O5S2Si. The van der Waals surface area contributed by atoms with Crippen molar-refractivity contribution in [2.45, 2.75) is 93.5 Å². The van der Waals surface area contributed by atoms with Gasteiger partial charge in [0.15, 0.2) is 0 Å². The van der Waals surface area contributed by atoms with Gasteiger partial charge in [-0.05, 0) is 90.6 Å². The standard InChI is InChI=1S/C31H41ClN2O5S2Si/c1-31(2,3)42(4,5)39-28-16-12-24(13-17-28)22-33-40(35,36)29-18-20-30(21-19-29)41(37,38)34(27-8-6-7-9-27)23-25-10-14-26(32)15-11-25/h10-21,27,33H,6-9,22-23H2,1-5H3. The molecule has 1 saturated carbocycles. The number of rotatable bonds is 11. The largest absolute Gasteiger partial charge is 0.544 e. The molecule has 11 heteroatoms. The summed E-state index contributed by atoms with van der Waals surface area (Å²) >= 11 is 6.02. The lowest BCUT2D eigenvalue weighted by Crippen LogP contribution is -2.43. The van der Waals surface area contributed by atoms with Crippen LogP contribution in [0.2, 0.25) is 23.2 Å². The predicted molar refractivity (Wildman–Crippen MR) is 171 cm³/mol. The van der Waals surface area contributed by atoms with E-state index in [0.29, 0.717) is 5.02 Å². The summed E-state index contributed by atoms with van der Waals surface area (Å²) in [6, 6.07) is 19.9. The highest BCUT2D eigenvalue weighted by atomic mass is 35.5. The summed E-state index contributed by atoms with van der Waals surface area (Å²) in [6.45, 7) is 11.2. The van der Waals surface area contributed by atoms with Crippen LogP contribution in [0.4, 0.5) is 0 Å². The summed E-state index contributed by atoms with van der Waals surface area (Å²) in [5.74, 6) is 0.771. The molecule has 4 rings (SSSR count). The van der Waals surface area contributed by atoms with E-state index in [1.165, 1.54) is 24.3 Å². The van der Waals surface area contributed by atoms with Crippen LogP contribution in [0.25, 0.3) is 0 Å². The van der Waals surface area contributed by atoms with Gasteiger partial charge in [0.25, 0.3) is 0 Å². The van der Waals surface area contributed by atoms with Gasteiger partial charge in [-0.15, -0.1) is 0 Å². The Kier molecular flexibility index (Phi) is 9.96. The molecule has 0 aliphatic heterocycles. The maximum atomic E-state index is 13.8. The van der Waals surface area contributed by atoms with Crippen LogP contribution in [0.1, 0.15) is 57.6 Å². The van der Waals surface area contributed by atoms with E-state index in [4.69, 9.17) is 16.0 Å². The molecule has 1 aliphatic carbocycles. The Morgan fingerprint density at radius 1 is 0.833 bits per heavy atom. The highest BCUT2D eigenvalue weighted by Gasteiger charge is 2.39. The maximum Gasteiger partial charge on any atom is 0.250 e. The van der Waals surface area contributed by atoms with Crippen molar-refractivity contribution in [3.63, 3.8) is 0 Å². The van der Waals surface area contributed by atoms with Crippen molar-refractivity contribution in [3.05, 3.63) is 88.9 Å². The maximum absolute atomic E-state index is 13.8. The Balaban J connectivity index is 1.45. The molecular weight excluding hydrogens is 608 g/mol. The van der Waals surface area contributed by atoms with E-state index in [1.807, 2.05) is 36.4 Å². The van der Waals surface area contributed by atoms with Crippen molar-refractivity contribution in [1.29, 1.82) is 0 Å². The van der Waals surface area contributed by atoms with E-state index in [-0.39, 0.29) is 34.0 Å². The molecule has 0 radical (unpaired) electrons. The Bertz CT molecular complexity index is 1560. The van der Waals surface area contributed by atoms with E-state index >= 15 is 0 Å². The Morgan fingerprint density at radius 3 is 1.90 bits per heavy atom. The first-order valence-electron chi connectivity index (χ1n) is 14.2. The molecule has 0 heterocycles. The lowest BCUT2D eigenvalue weighted by atomic mass is 10.2. The van der Waals surface area contributed by atoms with Crippen LogP contribution in [0.5, 0.6) is 5.75 Å².